The third-order valence-corrected chi connectivity index (χ3v) is 2.80. The summed E-state index contributed by atoms with van der Waals surface area (Å²) < 4.78 is 12.9. The van der Waals surface area contributed by atoms with Gasteiger partial charge in [0.2, 0.25) is 0 Å². The summed E-state index contributed by atoms with van der Waals surface area (Å²) in [5, 5.41) is 0.0526. The van der Waals surface area contributed by atoms with Crippen molar-refractivity contribution in [3.63, 3.8) is 0 Å². The van der Waals surface area contributed by atoms with Gasteiger partial charge >= 0.3 is 0 Å². The van der Waals surface area contributed by atoms with Crippen LogP contribution in [0.1, 0.15) is 18.9 Å². The molecule has 0 saturated heterocycles. The summed E-state index contributed by atoms with van der Waals surface area (Å²) in [5.41, 5.74) is 6.12. The summed E-state index contributed by atoms with van der Waals surface area (Å²) in [5.74, 6) is -0.421. The van der Waals surface area contributed by atoms with Crippen LogP contribution in [0.2, 0.25) is 5.02 Å². The minimum Gasteiger partial charge on any atom is -0.330 e. The molecule has 0 bridgehead atoms. The minimum absolute atomic E-state index is 0.0526. The normalized spacial score (nSPS) is 12.5. The fourth-order valence-corrected chi connectivity index (χ4v) is 1.64. The van der Waals surface area contributed by atoms with Crippen molar-refractivity contribution in [2.75, 3.05) is 6.54 Å². The highest BCUT2D eigenvalue weighted by Crippen LogP contribution is 2.17. The molecule has 0 heterocycles. The molecule has 0 fully saturated rings. The number of rotatable bonds is 5. The van der Waals surface area contributed by atoms with E-state index in [1.165, 1.54) is 12.1 Å². The largest absolute Gasteiger partial charge is 0.330 e. The highest BCUT2D eigenvalue weighted by molar-refractivity contribution is 6.30. The molecular weight excluding hydrogens is 229 g/mol. The van der Waals surface area contributed by atoms with Crippen LogP contribution in [-0.4, -0.2) is 12.3 Å². The van der Waals surface area contributed by atoms with Crippen molar-refractivity contribution in [1.29, 1.82) is 0 Å². The monoisotopic (exact) mass is 243 g/mol. The Hall–Kier alpha value is -0.930. The zero-order valence-electron chi connectivity index (χ0n) is 9.17. The van der Waals surface area contributed by atoms with Crippen molar-refractivity contribution in [3.8, 4) is 0 Å². The highest BCUT2D eigenvalue weighted by atomic mass is 35.5. The Morgan fingerprint density at radius 3 is 2.81 bits per heavy atom. The molecule has 16 heavy (non-hydrogen) atoms. The number of benzene rings is 1. The molecule has 0 spiro atoms. The summed E-state index contributed by atoms with van der Waals surface area (Å²) in [6.45, 7) is 2.34. The topological polar surface area (TPSA) is 43.1 Å². The number of carbonyl (C=O) groups is 1. The molecule has 0 aliphatic rings. The first kappa shape index (κ1) is 13.1. The van der Waals surface area contributed by atoms with Crippen molar-refractivity contribution in [2.24, 2.45) is 11.7 Å². The molecule has 1 aromatic rings. The number of carbonyl (C=O) groups excluding carboxylic acids is 1. The molecule has 4 heteroatoms. The first-order valence-corrected chi connectivity index (χ1v) is 5.59. The van der Waals surface area contributed by atoms with Gasteiger partial charge in [-0.25, -0.2) is 4.39 Å². The molecular formula is C12H15ClFNO. The van der Waals surface area contributed by atoms with E-state index in [0.717, 1.165) is 5.56 Å². The number of hydrogen-bond donors (Lipinski definition) is 1. The van der Waals surface area contributed by atoms with E-state index in [2.05, 4.69) is 0 Å². The lowest BCUT2D eigenvalue weighted by Crippen LogP contribution is -2.17. The summed E-state index contributed by atoms with van der Waals surface area (Å²) in [6, 6.07) is 4.34. The summed E-state index contributed by atoms with van der Waals surface area (Å²) in [6.07, 6.45) is 0.953. The van der Waals surface area contributed by atoms with Gasteiger partial charge in [0.1, 0.15) is 11.6 Å². The van der Waals surface area contributed by atoms with Gasteiger partial charge in [0, 0.05) is 12.3 Å². The number of nitrogens with two attached hydrogens (primary N) is 1. The maximum Gasteiger partial charge on any atom is 0.141 e. The van der Waals surface area contributed by atoms with Crippen LogP contribution >= 0.6 is 11.6 Å². The standard InChI is InChI=1S/C12H15ClFNO/c1-8(4-5-15)12(16)7-9-2-3-11(14)10(13)6-9/h2-3,6,8H,4-5,7,15H2,1H3. The van der Waals surface area contributed by atoms with Gasteiger partial charge in [-0.05, 0) is 30.7 Å². The molecule has 1 rings (SSSR count). The van der Waals surface area contributed by atoms with Crippen LogP contribution < -0.4 is 5.73 Å². The second-order valence-electron chi connectivity index (χ2n) is 3.87. The molecule has 0 aromatic heterocycles. The maximum atomic E-state index is 12.9. The van der Waals surface area contributed by atoms with Crippen LogP contribution in [0.3, 0.4) is 0 Å². The zero-order chi connectivity index (χ0) is 12.1. The van der Waals surface area contributed by atoms with E-state index in [0.29, 0.717) is 13.0 Å². The van der Waals surface area contributed by atoms with Gasteiger partial charge in [-0.3, -0.25) is 4.79 Å². The SMILES string of the molecule is CC(CCN)C(=O)Cc1ccc(F)c(Cl)c1. The number of hydrogen-bond acceptors (Lipinski definition) is 2. The van der Waals surface area contributed by atoms with E-state index in [1.54, 1.807) is 6.07 Å². The van der Waals surface area contributed by atoms with Gasteiger partial charge in [0.05, 0.1) is 5.02 Å². The maximum absolute atomic E-state index is 12.9. The van der Waals surface area contributed by atoms with Crippen molar-refractivity contribution in [1.82, 2.24) is 0 Å². The van der Waals surface area contributed by atoms with E-state index in [9.17, 15) is 9.18 Å². The first-order chi connectivity index (χ1) is 7.54. The Bertz CT molecular complexity index is 381. The van der Waals surface area contributed by atoms with Crippen molar-refractivity contribution < 1.29 is 9.18 Å². The van der Waals surface area contributed by atoms with Gasteiger partial charge in [-0.2, -0.15) is 0 Å². The highest BCUT2D eigenvalue weighted by Gasteiger charge is 2.13. The fraction of sp³-hybridized carbons (Fsp3) is 0.417. The molecule has 1 aromatic carbocycles. The van der Waals surface area contributed by atoms with Crippen LogP contribution in [0.25, 0.3) is 0 Å². The molecule has 1 atom stereocenters. The second kappa shape index (κ2) is 5.97. The molecule has 2 nitrogen and oxygen atoms in total. The molecule has 0 radical (unpaired) electrons. The van der Waals surface area contributed by atoms with Gasteiger partial charge in [-0.15, -0.1) is 0 Å². The average Bonchev–Trinajstić information content (AvgIpc) is 2.24. The number of Topliss-reactive ketones (excluding diaryl/α,β-unsaturated/α-hetero) is 1. The number of halogens is 2. The Labute approximate surface area is 99.6 Å². The van der Waals surface area contributed by atoms with Crippen LogP contribution in [-0.2, 0) is 11.2 Å². The van der Waals surface area contributed by atoms with E-state index in [1.807, 2.05) is 6.92 Å². The minimum atomic E-state index is -0.465. The Morgan fingerprint density at radius 1 is 1.56 bits per heavy atom. The Kier molecular flexibility index (Phi) is 4.90. The lowest BCUT2D eigenvalue weighted by atomic mass is 9.97. The molecule has 0 amide bonds. The predicted octanol–water partition coefficient (Wildman–Crippen LogP) is 2.58. The number of ketones is 1. The van der Waals surface area contributed by atoms with Gasteiger partial charge < -0.3 is 5.73 Å². The third kappa shape index (κ3) is 3.58. The fourth-order valence-electron chi connectivity index (χ4n) is 1.44. The second-order valence-corrected chi connectivity index (χ2v) is 4.28. The van der Waals surface area contributed by atoms with Gasteiger partial charge in [0.25, 0.3) is 0 Å². The zero-order valence-corrected chi connectivity index (χ0v) is 9.93. The summed E-state index contributed by atoms with van der Waals surface area (Å²) >= 11 is 5.63. The Balaban J connectivity index is 2.66. The average molecular weight is 244 g/mol. The van der Waals surface area contributed by atoms with Crippen molar-refractivity contribution in [2.45, 2.75) is 19.8 Å². The molecule has 0 aliphatic carbocycles. The lowest BCUT2D eigenvalue weighted by molar-refractivity contribution is -0.121. The third-order valence-electron chi connectivity index (χ3n) is 2.51. The van der Waals surface area contributed by atoms with Crippen molar-refractivity contribution in [3.05, 3.63) is 34.6 Å². The van der Waals surface area contributed by atoms with Crippen LogP contribution in [0.4, 0.5) is 4.39 Å². The molecule has 2 N–H and O–H groups in total. The van der Waals surface area contributed by atoms with Gasteiger partial charge in [0.15, 0.2) is 0 Å². The van der Waals surface area contributed by atoms with E-state index >= 15 is 0 Å². The molecule has 1 unspecified atom stereocenters. The van der Waals surface area contributed by atoms with E-state index < -0.39 is 5.82 Å². The van der Waals surface area contributed by atoms with E-state index in [-0.39, 0.29) is 23.1 Å². The summed E-state index contributed by atoms with van der Waals surface area (Å²) in [4.78, 5) is 11.7. The molecule has 0 saturated carbocycles. The van der Waals surface area contributed by atoms with Gasteiger partial charge in [-0.1, -0.05) is 24.6 Å². The van der Waals surface area contributed by atoms with Crippen molar-refractivity contribution >= 4 is 17.4 Å². The lowest BCUT2D eigenvalue weighted by Gasteiger charge is -2.09. The van der Waals surface area contributed by atoms with Crippen LogP contribution in [0.5, 0.6) is 0 Å². The van der Waals surface area contributed by atoms with E-state index in [4.69, 9.17) is 17.3 Å². The predicted molar refractivity (Wildman–Crippen MR) is 63.0 cm³/mol. The smallest absolute Gasteiger partial charge is 0.141 e. The first-order valence-electron chi connectivity index (χ1n) is 5.21. The molecule has 0 aliphatic heterocycles. The van der Waals surface area contributed by atoms with Crippen LogP contribution in [0.15, 0.2) is 18.2 Å². The summed E-state index contributed by atoms with van der Waals surface area (Å²) in [7, 11) is 0. The quantitative estimate of drug-likeness (QED) is 0.864. The molecule has 88 valence electrons. The Morgan fingerprint density at radius 2 is 2.25 bits per heavy atom. The van der Waals surface area contributed by atoms with Crippen LogP contribution in [0, 0.1) is 11.7 Å².